The molecule has 0 aliphatic rings. The van der Waals surface area contributed by atoms with Gasteiger partial charge < -0.3 is 5.32 Å². The molecule has 0 bridgehead atoms. The van der Waals surface area contributed by atoms with Crippen LogP contribution >= 0.6 is 15.9 Å². The minimum absolute atomic E-state index is 0.713. The van der Waals surface area contributed by atoms with Crippen LogP contribution < -0.4 is 5.32 Å². The normalized spacial score (nSPS) is 10.3. The van der Waals surface area contributed by atoms with Gasteiger partial charge in [0.1, 0.15) is 4.60 Å². The minimum atomic E-state index is 0.713. The molecule has 4 heteroatoms. The second-order valence-electron chi connectivity index (χ2n) is 3.95. The lowest BCUT2D eigenvalue weighted by Gasteiger charge is -2.08. The van der Waals surface area contributed by atoms with Gasteiger partial charge in [0.15, 0.2) is 0 Å². The molecule has 3 nitrogen and oxygen atoms in total. The first kappa shape index (κ1) is 12.0. The number of pyridine rings is 2. The van der Waals surface area contributed by atoms with Gasteiger partial charge in [-0.15, -0.1) is 0 Å². The monoisotopic (exact) mass is 291 g/mol. The molecule has 2 heterocycles. The molecular weight excluding hydrogens is 278 g/mol. The summed E-state index contributed by atoms with van der Waals surface area (Å²) in [6.45, 7) is 4.73. The SMILES string of the molecule is Cc1ccc(CNc2ccc(Br)nc2C)nc1. The number of rotatable bonds is 3. The Morgan fingerprint density at radius 1 is 1.18 bits per heavy atom. The Kier molecular flexibility index (Phi) is 3.74. The van der Waals surface area contributed by atoms with Crippen molar-refractivity contribution in [2.45, 2.75) is 20.4 Å². The number of aryl methyl sites for hydroxylation is 2. The lowest BCUT2D eigenvalue weighted by Crippen LogP contribution is -2.03. The Morgan fingerprint density at radius 2 is 2.00 bits per heavy atom. The highest BCUT2D eigenvalue weighted by molar-refractivity contribution is 9.10. The summed E-state index contributed by atoms with van der Waals surface area (Å²) in [5.41, 5.74) is 4.22. The predicted octanol–water partition coefficient (Wildman–Crippen LogP) is 3.47. The van der Waals surface area contributed by atoms with Crippen LogP contribution in [0.5, 0.6) is 0 Å². The number of nitrogens with zero attached hydrogens (tertiary/aromatic N) is 2. The largest absolute Gasteiger partial charge is 0.378 e. The van der Waals surface area contributed by atoms with Crippen molar-refractivity contribution in [2.24, 2.45) is 0 Å². The van der Waals surface area contributed by atoms with Crippen LogP contribution in [-0.2, 0) is 6.54 Å². The van der Waals surface area contributed by atoms with E-state index in [1.54, 1.807) is 0 Å². The Morgan fingerprint density at radius 3 is 2.65 bits per heavy atom. The summed E-state index contributed by atoms with van der Waals surface area (Å²) in [6, 6.07) is 8.04. The van der Waals surface area contributed by atoms with Crippen molar-refractivity contribution < 1.29 is 0 Å². The third-order valence-corrected chi connectivity index (χ3v) is 2.93. The maximum absolute atomic E-state index is 4.35. The summed E-state index contributed by atoms with van der Waals surface area (Å²) in [6.07, 6.45) is 1.88. The van der Waals surface area contributed by atoms with Crippen LogP contribution in [0.15, 0.2) is 35.1 Å². The van der Waals surface area contributed by atoms with Gasteiger partial charge >= 0.3 is 0 Å². The molecule has 2 aromatic heterocycles. The highest BCUT2D eigenvalue weighted by Gasteiger charge is 2.00. The van der Waals surface area contributed by atoms with Crippen molar-refractivity contribution >= 4 is 21.6 Å². The van der Waals surface area contributed by atoms with E-state index in [1.807, 2.05) is 38.2 Å². The molecule has 0 radical (unpaired) electrons. The molecule has 0 fully saturated rings. The van der Waals surface area contributed by atoms with E-state index in [9.17, 15) is 0 Å². The molecule has 0 unspecified atom stereocenters. The van der Waals surface area contributed by atoms with Crippen molar-refractivity contribution in [3.05, 3.63) is 52.0 Å². The van der Waals surface area contributed by atoms with E-state index in [-0.39, 0.29) is 0 Å². The molecule has 0 amide bonds. The summed E-state index contributed by atoms with van der Waals surface area (Å²) in [4.78, 5) is 8.68. The third kappa shape index (κ3) is 3.27. The number of hydrogen-bond donors (Lipinski definition) is 1. The zero-order chi connectivity index (χ0) is 12.3. The van der Waals surface area contributed by atoms with Crippen LogP contribution in [0.25, 0.3) is 0 Å². The van der Waals surface area contributed by atoms with Crippen molar-refractivity contribution in [2.75, 3.05) is 5.32 Å². The Hall–Kier alpha value is -1.42. The molecule has 88 valence electrons. The minimum Gasteiger partial charge on any atom is -0.378 e. The average Bonchev–Trinajstić information content (AvgIpc) is 2.30. The number of nitrogens with one attached hydrogen (secondary N) is 1. The third-order valence-electron chi connectivity index (χ3n) is 2.48. The van der Waals surface area contributed by atoms with E-state index in [0.29, 0.717) is 6.54 Å². The molecule has 0 spiro atoms. The average molecular weight is 292 g/mol. The summed E-state index contributed by atoms with van der Waals surface area (Å²) in [5, 5.41) is 3.33. The quantitative estimate of drug-likeness (QED) is 0.880. The first-order valence-corrected chi connectivity index (χ1v) is 6.23. The van der Waals surface area contributed by atoms with Gasteiger partial charge in [0, 0.05) is 6.20 Å². The van der Waals surface area contributed by atoms with Crippen LogP contribution in [0.4, 0.5) is 5.69 Å². The molecule has 17 heavy (non-hydrogen) atoms. The highest BCUT2D eigenvalue weighted by Crippen LogP contribution is 2.16. The summed E-state index contributed by atoms with van der Waals surface area (Å²) in [5.74, 6) is 0. The fraction of sp³-hybridized carbons (Fsp3) is 0.231. The Bertz CT molecular complexity index is 509. The van der Waals surface area contributed by atoms with E-state index >= 15 is 0 Å². The highest BCUT2D eigenvalue weighted by atomic mass is 79.9. The van der Waals surface area contributed by atoms with E-state index in [1.165, 1.54) is 5.56 Å². The fourth-order valence-electron chi connectivity index (χ4n) is 1.51. The zero-order valence-corrected chi connectivity index (χ0v) is 11.5. The van der Waals surface area contributed by atoms with Gasteiger partial charge in [-0.05, 0) is 53.5 Å². The molecule has 0 aliphatic carbocycles. The molecule has 0 saturated carbocycles. The molecule has 2 aromatic rings. The Labute approximate surface area is 109 Å². The van der Waals surface area contributed by atoms with Crippen molar-refractivity contribution in [3.63, 3.8) is 0 Å². The van der Waals surface area contributed by atoms with E-state index < -0.39 is 0 Å². The van der Waals surface area contributed by atoms with Gasteiger partial charge in [0.2, 0.25) is 0 Å². The van der Waals surface area contributed by atoms with E-state index in [4.69, 9.17) is 0 Å². The number of aromatic nitrogens is 2. The molecule has 0 aliphatic heterocycles. The maximum atomic E-state index is 4.35. The topological polar surface area (TPSA) is 37.8 Å². The van der Waals surface area contributed by atoms with Crippen molar-refractivity contribution in [1.82, 2.24) is 9.97 Å². The van der Waals surface area contributed by atoms with Gasteiger partial charge in [-0.1, -0.05) is 6.07 Å². The van der Waals surface area contributed by atoms with Gasteiger partial charge in [-0.2, -0.15) is 0 Å². The van der Waals surface area contributed by atoms with Crippen molar-refractivity contribution in [1.29, 1.82) is 0 Å². The summed E-state index contributed by atoms with van der Waals surface area (Å²) >= 11 is 3.35. The standard InChI is InChI=1S/C13H14BrN3/c1-9-3-4-11(15-7-9)8-16-12-5-6-13(14)17-10(12)2/h3-7,16H,8H2,1-2H3. The van der Waals surface area contributed by atoms with Crippen LogP contribution in [0.1, 0.15) is 17.0 Å². The number of halogens is 1. The first-order chi connectivity index (χ1) is 8.15. The van der Waals surface area contributed by atoms with Gasteiger partial charge in [0.25, 0.3) is 0 Å². The second-order valence-corrected chi connectivity index (χ2v) is 4.76. The Balaban J connectivity index is 2.04. The molecular formula is C13H14BrN3. The van der Waals surface area contributed by atoms with Gasteiger partial charge in [0.05, 0.1) is 23.6 Å². The van der Waals surface area contributed by atoms with Crippen molar-refractivity contribution in [3.8, 4) is 0 Å². The lowest BCUT2D eigenvalue weighted by molar-refractivity contribution is 1.02. The van der Waals surface area contributed by atoms with E-state index in [0.717, 1.165) is 21.7 Å². The van der Waals surface area contributed by atoms with Crippen LogP contribution in [-0.4, -0.2) is 9.97 Å². The van der Waals surface area contributed by atoms with Crippen LogP contribution in [0.3, 0.4) is 0 Å². The van der Waals surface area contributed by atoms with Gasteiger partial charge in [-0.25, -0.2) is 4.98 Å². The summed E-state index contributed by atoms with van der Waals surface area (Å²) < 4.78 is 0.856. The first-order valence-electron chi connectivity index (χ1n) is 5.44. The molecule has 2 rings (SSSR count). The van der Waals surface area contributed by atoms with Crippen LogP contribution in [0.2, 0.25) is 0 Å². The maximum Gasteiger partial charge on any atom is 0.106 e. The fourth-order valence-corrected chi connectivity index (χ4v) is 1.90. The smallest absolute Gasteiger partial charge is 0.106 e. The number of anilines is 1. The van der Waals surface area contributed by atoms with Gasteiger partial charge in [-0.3, -0.25) is 4.98 Å². The predicted molar refractivity (Wildman–Crippen MR) is 73.0 cm³/mol. The molecule has 0 aromatic carbocycles. The second kappa shape index (κ2) is 5.27. The molecule has 0 atom stereocenters. The number of hydrogen-bond acceptors (Lipinski definition) is 3. The van der Waals surface area contributed by atoms with Crippen LogP contribution in [0, 0.1) is 13.8 Å². The van der Waals surface area contributed by atoms with E-state index in [2.05, 4.69) is 37.3 Å². The lowest BCUT2D eigenvalue weighted by atomic mass is 10.2. The summed E-state index contributed by atoms with van der Waals surface area (Å²) in [7, 11) is 0. The molecule has 1 N–H and O–H groups in total. The zero-order valence-electron chi connectivity index (χ0n) is 9.87. The molecule has 0 saturated heterocycles.